The van der Waals surface area contributed by atoms with Crippen molar-refractivity contribution in [3.63, 3.8) is 0 Å². The fourth-order valence-corrected chi connectivity index (χ4v) is 1.57. The highest BCUT2D eigenvalue weighted by molar-refractivity contribution is 5.95. The van der Waals surface area contributed by atoms with E-state index in [9.17, 15) is 20.2 Å². The quantitative estimate of drug-likeness (QED) is 0.621. The zero-order chi connectivity index (χ0) is 12.6. The van der Waals surface area contributed by atoms with E-state index in [1.807, 2.05) is 0 Å². The predicted octanol–water partition coefficient (Wildman–Crippen LogP) is 1.63. The first-order valence-electron chi connectivity index (χ1n) is 4.49. The molecule has 0 amide bonds. The summed E-state index contributed by atoms with van der Waals surface area (Å²) in [4.78, 5) is 23.7. The zero-order valence-electron chi connectivity index (χ0n) is 8.36. The van der Waals surface area contributed by atoms with Gasteiger partial charge in [0, 0.05) is 0 Å². The molecule has 1 aromatic heterocycles. The molecule has 8 heteroatoms. The minimum absolute atomic E-state index is 0.0957. The first kappa shape index (κ1) is 10.7. The molecular formula is C9H6N4O4. The zero-order valence-corrected chi connectivity index (χ0v) is 8.36. The third-order valence-electron chi connectivity index (χ3n) is 2.23. The van der Waals surface area contributed by atoms with Crippen LogP contribution in [-0.2, 0) is 0 Å². The highest BCUT2D eigenvalue weighted by Gasteiger charge is 2.31. The van der Waals surface area contributed by atoms with E-state index in [1.54, 1.807) is 6.07 Å². The van der Waals surface area contributed by atoms with Gasteiger partial charge in [0.25, 0.3) is 0 Å². The lowest BCUT2D eigenvalue weighted by Crippen LogP contribution is -2.04. The predicted molar refractivity (Wildman–Crippen MR) is 59.5 cm³/mol. The maximum absolute atomic E-state index is 10.9. The Morgan fingerprint density at radius 3 is 2.24 bits per heavy atom. The third-order valence-corrected chi connectivity index (χ3v) is 2.23. The van der Waals surface area contributed by atoms with Gasteiger partial charge in [0.2, 0.25) is 5.82 Å². The van der Waals surface area contributed by atoms with Gasteiger partial charge in [0.05, 0.1) is 20.7 Å². The molecule has 2 rings (SSSR count). The number of nitro groups is 2. The van der Waals surface area contributed by atoms with Crippen molar-refractivity contribution in [1.82, 2.24) is 4.98 Å². The molecule has 2 N–H and O–H groups in total. The summed E-state index contributed by atoms with van der Waals surface area (Å²) in [5, 5.41) is 21.8. The second-order valence-corrected chi connectivity index (χ2v) is 3.23. The van der Waals surface area contributed by atoms with Crippen molar-refractivity contribution < 1.29 is 9.85 Å². The molecule has 17 heavy (non-hydrogen) atoms. The molecular weight excluding hydrogens is 228 g/mol. The largest absolute Gasteiger partial charge is 0.388 e. The molecule has 0 aliphatic heterocycles. The Hall–Kier alpha value is -2.77. The van der Waals surface area contributed by atoms with E-state index in [4.69, 9.17) is 5.73 Å². The number of pyridine rings is 1. The number of nitrogen functional groups attached to an aromatic ring is 1. The van der Waals surface area contributed by atoms with E-state index in [2.05, 4.69) is 4.98 Å². The summed E-state index contributed by atoms with van der Waals surface area (Å²) in [7, 11) is 0. The number of anilines is 1. The summed E-state index contributed by atoms with van der Waals surface area (Å²) in [5.74, 6) is -0.458. The van der Waals surface area contributed by atoms with Crippen molar-refractivity contribution in [3.05, 3.63) is 44.5 Å². The van der Waals surface area contributed by atoms with Crippen LogP contribution in [0.2, 0.25) is 0 Å². The van der Waals surface area contributed by atoms with Gasteiger partial charge in [0.1, 0.15) is 0 Å². The number of rotatable bonds is 2. The third kappa shape index (κ3) is 1.61. The Balaban J connectivity index is 2.99. The van der Waals surface area contributed by atoms with Crippen molar-refractivity contribution in [2.24, 2.45) is 0 Å². The van der Waals surface area contributed by atoms with Crippen LogP contribution in [0.15, 0.2) is 24.3 Å². The normalized spacial score (nSPS) is 10.4. The van der Waals surface area contributed by atoms with E-state index in [-0.39, 0.29) is 10.9 Å². The fourth-order valence-electron chi connectivity index (χ4n) is 1.57. The van der Waals surface area contributed by atoms with Gasteiger partial charge in [-0.2, -0.15) is 0 Å². The second kappa shape index (κ2) is 3.67. The van der Waals surface area contributed by atoms with Crippen LogP contribution in [-0.4, -0.2) is 14.8 Å². The maximum Gasteiger partial charge on any atom is 0.388 e. The summed E-state index contributed by atoms with van der Waals surface area (Å²) in [6, 6.07) is 6.05. The number of aromatic nitrogens is 1. The van der Waals surface area contributed by atoms with Gasteiger partial charge in [-0.05, 0) is 12.1 Å². The van der Waals surface area contributed by atoms with Gasteiger partial charge in [0.15, 0.2) is 0 Å². The summed E-state index contributed by atoms with van der Waals surface area (Å²) in [6.07, 6.45) is 0. The SMILES string of the molecule is Nc1nc2ccccc2c([N+](=O)[O-])c1[N+](=O)[O-]. The van der Waals surface area contributed by atoms with Gasteiger partial charge in [-0.3, -0.25) is 20.2 Å². The lowest BCUT2D eigenvalue weighted by atomic mass is 10.1. The van der Waals surface area contributed by atoms with Crippen LogP contribution < -0.4 is 5.73 Å². The standard InChI is InChI=1S/C9H6N4O4/c10-9-8(13(16)17)7(12(14)15)5-3-1-2-4-6(5)11-9/h1-4H,(H2,10,11). The maximum atomic E-state index is 10.9. The van der Waals surface area contributed by atoms with Crippen LogP contribution in [0.4, 0.5) is 17.2 Å². The van der Waals surface area contributed by atoms with Crippen LogP contribution in [0, 0.1) is 20.2 Å². The van der Waals surface area contributed by atoms with Crippen molar-refractivity contribution >= 4 is 28.1 Å². The molecule has 0 bridgehead atoms. The molecule has 0 saturated carbocycles. The van der Waals surface area contributed by atoms with Crippen molar-refractivity contribution in [3.8, 4) is 0 Å². The van der Waals surface area contributed by atoms with Crippen LogP contribution in [0.5, 0.6) is 0 Å². The van der Waals surface area contributed by atoms with E-state index in [0.717, 1.165) is 0 Å². The number of hydrogen-bond acceptors (Lipinski definition) is 6. The van der Waals surface area contributed by atoms with E-state index >= 15 is 0 Å². The van der Waals surface area contributed by atoms with Gasteiger partial charge in [-0.25, -0.2) is 4.98 Å². The lowest BCUT2D eigenvalue weighted by Gasteiger charge is -2.02. The molecule has 86 valence electrons. The molecule has 0 spiro atoms. The summed E-state index contributed by atoms with van der Waals surface area (Å²) < 4.78 is 0. The monoisotopic (exact) mass is 234 g/mol. The van der Waals surface area contributed by atoms with Gasteiger partial charge in [-0.15, -0.1) is 0 Å². The molecule has 0 fully saturated rings. The molecule has 1 aromatic carbocycles. The molecule has 8 nitrogen and oxygen atoms in total. The number of nitrogens with two attached hydrogens (primary N) is 1. The summed E-state index contributed by atoms with van der Waals surface area (Å²) in [5.41, 5.74) is 4.22. The van der Waals surface area contributed by atoms with E-state index in [0.29, 0.717) is 0 Å². The van der Waals surface area contributed by atoms with Crippen LogP contribution >= 0.6 is 0 Å². The van der Waals surface area contributed by atoms with Crippen molar-refractivity contribution in [2.45, 2.75) is 0 Å². The van der Waals surface area contributed by atoms with Gasteiger partial charge >= 0.3 is 11.4 Å². The minimum Gasteiger partial charge on any atom is -0.378 e. The molecule has 0 saturated heterocycles. The number of para-hydroxylation sites is 1. The number of benzene rings is 1. The average Bonchev–Trinajstić information content (AvgIpc) is 2.26. The van der Waals surface area contributed by atoms with E-state index in [1.165, 1.54) is 18.2 Å². The first-order valence-corrected chi connectivity index (χ1v) is 4.49. The first-order chi connectivity index (χ1) is 8.02. The Kier molecular flexibility index (Phi) is 2.32. The Bertz CT molecular complexity index is 640. The van der Waals surface area contributed by atoms with E-state index < -0.39 is 27.0 Å². The Morgan fingerprint density at radius 1 is 1.06 bits per heavy atom. The molecule has 0 aliphatic rings. The molecule has 1 heterocycles. The van der Waals surface area contributed by atoms with Crippen molar-refractivity contribution in [2.75, 3.05) is 5.73 Å². The summed E-state index contributed by atoms with van der Waals surface area (Å²) >= 11 is 0. The molecule has 0 atom stereocenters. The Labute approximate surface area is 94.0 Å². The number of nitrogens with zero attached hydrogens (tertiary/aromatic N) is 3. The lowest BCUT2D eigenvalue weighted by molar-refractivity contribution is -0.420. The average molecular weight is 234 g/mol. The topological polar surface area (TPSA) is 125 Å². The molecule has 0 aliphatic carbocycles. The smallest absolute Gasteiger partial charge is 0.378 e. The second-order valence-electron chi connectivity index (χ2n) is 3.23. The van der Waals surface area contributed by atoms with Crippen LogP contribution in [0.25, 0.3) is 10.9 Å². The fraction of sp³-hybridized carbons (Fsp3) is 0. The van der Waals surface area contributed by atoms with Gasteiger partial charge < -0.3 is 5.73 Å². The Morgan fingerprint density at radius 2 is 1.65 bits per heavy atom. The minimum atomic E-state index is -0.896. The molecule has 0 radical (unpaired) electrons. The number of hydrogen-bond donors (Lipinski definition) is 1. The highest BCUT2D eigenvalue weighted by Crippen LogP contribution is 2.37. The summed E-state index contributed by atoms with van der Waals surface area (Å²) in [6.45, 7) is 0. The van der Waals surface area contributed by atoms with Crippen molar-refractivity contribution in [1.29, 1.82) is 0 Å². The highest BCUT2D eigenvalue weighted by atomic mass is 16.6. The van der Waals surface area contributed by atoms with Crippen LogP contribution in [0.3, 0.4) is 0 Å². The van der Waals surface area contributed by atoms with Crippen LogP contribution in [0.1, 0.15) is 0 Å². The molecule has 2 aromatic rings. The molecule has 0 unspecified atom stereocenters. The van der Waals surface area contributed by atoms with Gasteiger partial charge in [-0.1, -0.05) is 12.1 Å². The number of fused-ring (bicyclic) bond motifs is 1.